The molecule has 8 heteroatoms. The highest BCUT2D eigenvalue weighted by Gasteiger charge is 2.20. The molecule has 0 unspecified atom stereocenters. The number of para-hydroxylation sites is 1. The van der Waals surface area contributed by atoms with Gasteiger partial charge in [0.05, 0.1) is 35.1 Å². The van der Waals surface area contributed by atoms with Gasteiger partial charge in [0.2, 0.25) is 0 Å². The van der Waals surface area contributed by atoms with Gasteiger partial charge in [0.1, 0.15) is 17.2 Å². The van der Waals surface area contributed by atoms with E-state index in [1.165, 1.54) is 12.1 Å². The number of benzene rings is 3. The van der Waals surface area contributed by atoms with Crippen molar-refractivity contribution >= 4 is 15.7 Å². The molecule has 7 nitrogen and oxygen atoms in total. The maximum Gasteiger partial charge on any atom is 0.262 e. The van der Waals surface area contributed by atoms with Crippen LogP contribution in [-0.2, 0) is 16.6 Å². The SMILES string of the molecule is CCOc1ccc(S(=O)(=O)Nc2c(C)nn(Cc3cccc(Oc4ccccc4)c3)c2C)cc1. The smallest absolute Gasteiger partial charge is 0.262 e. The van der Waals surface area contributed by atoms with Crippen LogP contribution in [0.4, 0.5) is 5.69 Å². The van der Waals surface area contributed by atoms with E-state index in [4.69, 9.17) is 9.47 Å². The van der Waals surface area contributed by atoms with E-state index < -0.39 is 10.0 Å². The first kappa shape index (κ1) is 23.4. The van der Waals surface area contributed by atoms with Crippen LogP contribution >= 0.6 is 0 Å². The number of nitrogens with one attached hydrogen (secondary N) is 1. The lowest BCUT2D eigenvalue weighted by molar-refractivity contribution is 0.340. The monoisotopic (exact) mass is 477 g/mol. The van der Waals surface area contributed by atoms with E-state index in [9.17, 15) is 8.42 Å². The number of rotatable bonds is 9. The van der Waals surface area contributed by atoms with Gasteiger partial charge >= 0.3 is 0 Å². The van der Waals surface area contributed by atoms with E-state index in [2.05, 4.69) is 9.82 Å². The Morgan fingerprint density at radius 2 is 1.59 bits per heavy atom. The Balaban J connectivity index is 1.52. The Kier molecular flexibility index (Phi) is 6.88. The molecule has 1 aromatic heterocycles. The zero-order valence-electron chi connectivity index (χ0n) is 19.4. The molecule has 1 heterocycles. The topological polar surface area (TPSA) is 82.5 Å². The summed E-state index contributed by atoms with van der Waals surface area (Å²) in [5.41, 5.74) is 2.79. The summed E-state index contributed by atoms with van der Waals surface area (Å²) < 4.78 is 41.7. The number of aryl methyl sites for hydroxylation is 1. The second-order valence-electron chi connectivity index (χ2n) is 7.78. The number of nitrogens with zero attached hydrogens (tertiary/aromatic N) is 2. The third-order valence-corrected chi connectivity index (χ3v) is 6.64. The van der Waals surface area contributed by atoms with Gasteiger partial charge in [-0.2, -0.15) is 5.10 Å². The molecule has 34 heavy (non-hydrogen) atoms. The third kappa shape index (κ3) is 5.40. The first-order valence-corrected chi connectivity index (χ1v) is 12.5. The average molecular weight is 478 g/mol. The van der Waals surface area contributed by atoms with Crippen LogP contribution in [0.2, 0.25) is 0 Å². The standard InChI is InChI=1S/C26H27N3O4S/c1-4-32-22-13-15-25(16-14-22)34(30,31)28-26-19(2)27-29(20(26)3)18-21-9-8-12-24(17-21)33-23-10-6-5-7-11-23/h5-17,28H,4,18H2,1-3H3. The number of anilines is 1. The summed E-state index contributed by atoms with van der Waals surface area (Å²) >= 11 is 0. The van der Waals surface area contributed by atoms with E-state index in [-0.39, 0.29) is 4.90 Å². The van der Waals surface area contributed by atoms with Crippen LogP contribution in [0, 0.1) is 13.8 Å². The first-order chi connectivity index (χ1) is 16.4. The van der Waals surface area contributed by atoms with Gasteiger partial charge in [-0.3, -0.25) is 9.40 Å². The van der Waals surface area contributed by atoms with Crippen LogP contribution < -0.4 is 14.2 Å². The van der Waals surface area contributed by atoms with Crippen molar-refractivity contribution in [2.45, 2.75) is 32.2 Å². The minimum atomic E-state index is -3.77. The lowest BCUT2D eigenvalue weighted by atomic mass is 10.2. The summed E-state index contributed by atoms with van der Waals surface area (Å²) in [5.74, 6) is 2.11. The number of hydrogen-bond donors (Lipinski definition) is 1. The fourth-order valence-electron chi connectivity index (χ4n) is 3.58. The van der Waals surface area contributed by atoms with Gasteiger partial charge in [0.15, 0.2) is 0 Å². The lowest BCUT2D eigenvalue weighted by Gasteiger charge is -2.11. The van der Waals surface area contributed by atoms with Gasteiger partial charge in [0, 0.05) is 0 Å². The average Bonchev–Trinajstić information content (AvgIpc) is 3.07. The normalized spacial score (nSPS) is 11.3. The van der Waals surface area contributed by atoms with Crippen LogP contribution in [0.15, 0.2) is 83.8 Å². The molecule has 0 aliphatic rings. The predicted molar refractivity (Wildman–Crippen MR) is 132 cm³/mol. The highest BCUT2D eigenvalue weighted by Crippen LogP contribution is 2.26. The quantitative estimate of drug-likeness (QED) is 0.342. The van der Waals surface area contributed by atoms with Gasteiger partial charge in [0.25, 0.3) is 10.0 Å². The second-order valence-corrected chi connectivity index (χ2v) is 9.46. The Morgan fingerprint density at radius 1 is 0.882 bits per heavy atom. The highest BCUT2D eigenvalue weighted by molar-refractivity contribution is 7.92. The van der Waals surface area contributed by atoms with E-state index in [0.29, 0.717) is 30.3 Å². The van der Waals surface area contributed by atoms with Crippen LogP contribution in [0.3, 0.4) is 0 Å². The minimum Gasteiger partial charge on any atom is -0.494 e. The number of aromatic nitrogens is 2. The molecule has 0 spiro atoms. The Bertz CT molecular complexity index is 1370. The van der Waals surface area contributed by atoms with E-state index in [1.807, 2.05) is 68.4 Å². The Labute approximate surface area is 200 Å². The van der Waals surface area contributed by atoms with E-state index in [1.54, 1.807) is 23.7 Å². The zero-order chi connectivity index (χ0) is 24.1. The Morgan fingerprint density at radius 3 is 2.29 bits per heavy atom. The summed E-state index contributed by atoms with van der Waals surface area (Å²) in [4.78, 5) is 0.160. The van der Waals surface area contributed by atoms with Crippen molar-refractivity contribution in [2.24, 2.45) is 0 Å². The molecule has 1 N–H and O–H groups in total. The van der Waals surface area contributed by atoms with E-state index in [0.717, 1.165) is 22.8 Å². The minimum absolute atomic E-state index is 0.160. The van der Waals surface area contributed by atoms with Crippen LogP contribution in [0.5, 0.6) is 17.2 Å². The van der Waals surface area contributed by atoms with Crippen molar-refractivity contribution in [1.82, 2.24) is 9.78 Å². The maximum absolute atomic E-state index is 13.0. The van der Waals surface area contributed by atoms with Crippen molar-refractivity contribution in [3.05, 3.63) is 95.8 Å². The lowest BCUT2D eigenvalue weighted by Crippen LogP contribution is -2.14. The molecule has 0 saturated heterocycles. The Hall–Kier alpha value is -3.78. The predicted octanol–water partition coefficient (Wildman–Crippen LogP) is 5.54. The number of sulfonamides is 1. The largest absolute Gasteiger partial charge is 0.494 e. The van der Waals surface area contributed by atoms with Crippen LogP contribution in [0.1, 0.15) is 23.9 Å². The van der Waals surface area contributed by atoms with Gasteiger partial charge in [-0.15, -0.1) is 0 Å². The van der Waals surface area contributed by atoms with Crippen molar-refractivity contribution in [3.63, 3.8) is 0 Å². The summed E-state index contributed by atoms with van der Waals surface area (Å²) in [6.07, 6.45) is 0. The molecule has 0 aliphatic carbocycles. The summed E-state index contributed by atoms with van der Waals surface area (Å²) in [6.45, 7) is 6.50. The molecule has 176 valence electrons. The summed E-state index contributed by atoms with van der Waals surface area (Å²) in [6, 6.07) is 23.7. The third-order valence-electron chi connectivity index (χ3n) is 5.27. The molecule has 0 amide bonds. The number of hydrogen-bond acceptors (Lipinski definition) is 5. The molecule has 0 bridgehead atoms. The van der Waals surface area contributed by atoms with Gasteiger partial charge in [-0.25, -0.2) is 8.42 Å². The molecule has 0 atom stereocenters. The number of ether oxygens (including phenoxy) is 2. The fraction of sp³-hybridized carbons (Fsp3) is 0.192. The molecular formula is C26H27N3O4S. The molecule has 0 fully saturated rings. The van der Waals surface area contributed by atoms with Crippen molar-refractivity contribution < 1.29 is 17.9 Å². The van der Waals surface area contributed by atoms with Crippen molar-refractivity contribution in [2.75, 3.05) is 11.3 Å². The molecule has 0 radical (unpaired) electrons. The summed E-state index contributed by atoms with van der Waals surface area (Å²) in [7, 11) is -3.77. The first-order valence-electron chi connectivity index (χ1n) is 11.0. The van der Waals surface area contributed by atoms with E-state index >= 15 is 0 Å². The molecule has 0 aliphatic heterocycles. The van der Waals surface area contributed by atoms with Crippen LogP contribution in [-0.4, -0.2) is 24.8 Å². The second kappa shape index (κ2) is 10.0. The van der Waals surface area contributed by atoms with Crippen molar-refractivity contribution in [3.8, 4) is 17.2 Å². The molecule has 4 aromatic rings. The highest BCUT2D eigenvalue weighted by atomic mass is 32.2. The maximum atomic E-state index is 13.0. The molecule has 4 rings (SSSR count). The van der Waals surface area contributed by atoms with Gasteiger partial charge in [-0.1, -0.05) is 30.3 Å². The molecule has 0 saturated carbocycles. The summed E-state index contributed by atoms with van der Waals surface area (Å²) in [5, 5.41) is 4.56. The van der Waals surface area contributed by atoms with Gasteiger partial charge < -0.3 is 9.47 Å². The van der Waals surface area contributed by atoms with Crippen molar-refractivity contribution in [1.29, 1.82) is 0 Å². The molecule has 3 aromatic carbocycles. The van der Waals surface area contributed by atoms with Gasteiger partial charge in [-0.05, 0) is 74.9 Å². The molecular weight excluding hydrogens is 450 g/mol. The fourth-order valence-corrected chi connectivity index (χ4v) is 4.75. The zero-order valence-corrected chi connectivity index (χ0v) is 20.2. The van der Waals surface area contributed by atoms with Crippen LogP contribution in [0.25, 0.3) is 0 Å².